The van der Waals surface area contributed by atoms with Gasteiger partial charge in [0.05, 0.1) is 18.7 Å². The third kappa shape index (κ3) is 3.70. The van der Waals surface area contributed by atoms with Gasteiger partial charge in [-0.25, -0.2) is 4.39 Å². The average molecular weight is 368 g/mol. The maximum atomic E-state index is 13.1. The summed E-state index contributed by atoms with van der Waals surface area (Å²) in [4.78, 5) is 0. The van der Waals surface area contributed by atoms with Gasteiger partial charge < -0.3 is 9.30 Å². The van der Waals surface area contributed by atoms with Crippen LogP contribution >= 0.6 is 11.8 Å². The fourth-order valence-electron chi connectivity index (χ4n) is 2.57. The van der Waals surface area contributed by atoms with Crippen LogP contribution in [-0.2, 0) is 12.3 Å². The molecule has 0 aliphatic heterocycles. The van der Waals surface area contributed by atoms with Crippen molar-refractivity contribution in [3.05, 3.63) is 59.4 Å². The first-order chi connectivity index (χ1) is 12.7. The summed E-state index contributed by atoms with van der Waals surface area (Å²) in [7, 11) is 1.59. The van der Waals surface area contributed by atoms with Crippen molar-refractivity contribution in [1.29, 1.82) is 5.26 Å². The molecule has 0 spiro atoms. The molecule has 3 rings (SSSR count). The average Bonchev–Trinajstić information content (AvgIpc) is 3.09. The molecule has 0 aliphatic rings. The molecule has 0 fully saturated rings. The van der Waals surface area contributed by atoms with Crippen molar-refractivity contribution >= 4 is 11.8 Å². The number of methoxy groups -OCH3 is 1. The van der Waals surface area contributed by atoms with E-state index in [1.165, 1.54) is 23.9 Å². The van der Waals surface area contributed by atoms with Crippen molar-refractivity contribution in [3.63, 3.8) is 0 Å². The lowest BCUT2D eigenvalue weighted by Gasteiger charge is -2.10. The number of halogens is 1. The summed E-state index contributed by atoms with van der Waals surface area (Å²) in [6.45, 7) is 2.72. The predicted octanol–water partition coefficient (Wildman–Crippen LogP) is 4.28. The van der Waals surface area contributed by atoms with Gasteiger partial charge in [0, 0.05) is 23.4 Å². The molecule has 3 aromatic rings. The Labute approximate surface area is 155 Å². The van der Waals surface area contributed by atoms with Crippen molar-refractivity contribution in [2.45, 2.75) is 24.4 Å². The van der Waals surface area contributed by atoms with Crippen LogP contribution in [0.2, 0.25) is 0 Å². The summed E-state index contributed by atoms with van der Waals surface area (Å²) in [6, 6.07) is 13.7. The van der Waals surface area contributed by atoms with E-state index in [9.17, 15) is 4.39 Å². The fourth-order valence-corrected chi connectivity index (χ4v) is 3.56. The number of hydrogen-bond acceptors (Lipinski definition) is 5. The molecule has 2 aromatic carbocycles. The van der Waals surface area contributed by atoms with Gasteiger partial charge in [-0.05, 0) is 43.3 Å². The van der Waals surface area contributed by atoms with E-state index in [2.05, 4.69) is 16.3 Å². The summed E-state index contributed by atoms with van der Waals surface area (Å²) in [5, 5.41) is 18.3. The van der Waals surface area contributed by atoms with Gasteiger partial charge in [0.2, 0.25) is 0 Å². The Morgan fingerprint density at radius 1 is 1.19 bits per heavy atom. The molecule has 5 nitrogen and oxygen atoms in total. The highest BCUT2D eigenvalue weighted by atomic mass is 32.2. The molecule has 1 aromatic heterocycles. The number of nitrogens with zero attached hydrogens (tertiary/aromatic N) is 4. The number of hydrogen-bond donors (Lipinski definition) is 0. The number of ether oxygens (including phenoxy) is 1. The molecule has 132 valence electrons. The van der Waals surface area contributed by atoms with Crippen LogP contribution in [-0.4, -0.2) is 21.9 Å². The first-order valence-corrected chi connectivity index (χ1v) is 9.03. The van der Waals surface area contributed by atoms with Crippen LogP contribution in [0.15, 0.2) is 47.6 Å². The zero-order valence-corrected chi connectivity index (χ0v) is 15.3. The molecule has 0 aliphatic carbocycles. The summed E-state index contributed by atoms with van der Waals surface area (Å²) >= 11 is 1.54. The number of aromatic nitrogens is 3. The lowest BCUT2D eigenvalue weighted by Crippen LogP contribution is -2.00. The van der Waals surface area contributed by atoms with E-state index >= 15 is 0 Å². The highest BCUT2D eigenvalue weighted by molar-refractivity contribution is 7.98. The summed E-state index contributed by atoms with van der Waals surface area (Å²) in [5.41, 5.74) is 2.36. The molecule has 1 heterocycles. The molecule has 0 amide bonds. The van der Waals surface area contributed by atoms with E-state index in [0.29, 0.717) is 29.4 Å². The summed E-state index contributed by atoms with van der Waals surface area (Å²) in [5.74, 6) is 1.75. The molecule has 0 saturated carbocycles. The second-order valence-electron chi connectivity index (χ2n) is 5.48. The molecule has 0 atom stereocenters. The predicted molar refractivity (Wildman–Crippen MR) is 98.4 cm³/mol. The van der Waals surface area contributed by atoms with Crippen molar-refractivity contribution in [1.82, 2.24) is 14.8 Å². The van der Waals surface area contributed by atoms with Crippen LogP contribution in [0.1, 0.15) is 18.1 Å². The van der Waals surface area contributed by atoms with E-state index in [1.54, 1.807) is 31.4 Å². The van der Waals surface area contributed by atoms with Crippen LogP contribution in [0.3, 0.4) is 0 Å². The van der Waals surface area contributed by atoms with E-state index in [4.69, 9.17) is 10.00 Å². The van der Waals surface area contributed by atoms with Gasteiger partial charge in [-0.2, -0.15) is 5.26 Å². The largest absolute Gasteiger partial charge is 0.496 e. The molecule has 0 N–H and O–H groups in total. The molecule has 0 saturated heterocycles. The van der Waals surface area contributed by atoms with Crippen LogP contribution in [0, 0.1) is 17.1 Å². The highest BCUT2D eigenvalue weighted by Gasteiger charge is 2.14. The first-order valence-electron chi connectivity index (χ1n) is 8.05. The monoisotopic (exact) mass is 368 g/mol. The molecular formula is C19H17FN4OS. The highest BCUT2D eigenvalue weighted by Crippen LogP contribution is 2.30. The van der Waals surface area contributed by atoms with Crippen molar-refractivity contribution in [2.75, 3.05) is 7.11 Å². The maximum Gasteiger partial charge on any atom is 0.191 e. The molecular weight excluding hydrogens is 351 g/mol. The minimum atomic E-state index is -0.279. The van der Waals surface area contributed by atoms with Crippen LogP contribution in [0.4, 0.5) is 4.39 Å². The number of rotatable bonds is 6. The van der Waals surface area contributed by atoms with Gasteiger partial charge in [0.25, 0.3) is 0 Å². The van der Waals surface area contributed by atoms with E-state index in [1.807, 2.05) is 17.6 Å². The Hall–Kier alpha value is -2.85. The van der Waals surface area contributed by atoms with Crippen molar-refractivity contribution in [2.24, 2.45) is 0 Å². The minimum absolute atomic E-state index is 0.279. The van der Waals surface area contributed by atoms with E-state index < -0.39 is 0 Å². The number of thioether (sulfide) groups is 1. The van der Waals surface area contributed by atoms with Crippen LogP contribution < -0.4 is 4.74 Å². The third-order valence-corrected chi connectivity index (χ3v) is 4.92. The molecule has 0 unspecified atom stereocenters. The smallest absolute Gasteiger partial charge is 0.191 e. The SMILES string of the molecule is CCn1c(SCc2ccc(C#N)cc2OC)nnc1-c1ccc(F)cc1. The number of nitriles is 1. The third-order valence-electron chi connectivity index (χ3n) is 3.91. The van der Waals surface area contributed by atoms with Crippen LogP contribution in [0.5, 0.6) is 5.75 Å². The van der Waals surface area contributed by atoms with Gasteiger partial charge in [-0.3, -0.25) is 0 Å². The van der Waals surface area contributed by atoms with Gasteiger partial charge in [-0.15, -0.1) is 10.2 Å². The molecule has 26 heavy (non-hydrogen) atoms. The normalized spacial score (nSPS) is 10.5. The molecule has 0 bridgehead atoms. The van der Waals surface area contributed by atoms with E-state index in [0.717, 1.165) is 16.3 Å². The zero-order chi connectivity index (χ0) is 18.5. The summed E-state index contributed by atoms with van der Waals surface area (Å²) < 4.78 is 20.5. The fraction of sp³-hybridized carbons (Fsp3) is 0.211. The van der Waals surface area contributed by atoms with Crippen LogP contribution in [0.25, 0.3) is 11.4 Å². The Balaban J connectivity index is 1.83. The molecule has 0 radical (unpaired) electrons. The maximum absolute atomic E-state index is 13.1. The second kappa shape index (κ2) is 8.02. The molecule has 7 heteroatoms. The van der Waals surface area contributed by atoms with Crippen molar-refractivity contribution in [3.8, 4) is 23.2 Å². The van der Waals surface area contributed by atoms with Gasteiger partial charge in [0.15, 0.2) is 11.0 Å². The van der Waals surface area contributed by atoms with Gasteiger partial charge in [0.1, 0.15) is 11.6 Å². The lowest BCUT2D eigenvalue weighted by atomic mass is 10.1. The Morgan fingerprint density at radius 3 is 2.62 bits per heavy atom. The standard InChI is InChI=1S/C19H17FN4OS/c1-3-24-18(14-6-8-16(20)9-7-14)22-23-19(24)26-12-15-5-4-13(11-21)10-17(15)25-2/h4-10H,3,12H2,1-2H3. The lowest BCUT2D eigenvalue weighted by molar-refractivity contribution is 0.411. The topological polar surface area (TPSA) is 63.7 Å². The minimum Gasteiger partial charge on any atom is -0.496 e. The van der Waals surface area contributed by atoms with Gasteiger partial charge >= 0.3 is 0 Å². The Morgan fingerprint density at radius 2 is 1.96 bits per heavy atom. The Bertz CT molecular complexity index is 947. The first kappa shape index (κ1) is 18.0. The van der Waals surface area contributed by atoms with Gasteiger partial charge in [-0.1, -0.05) is 17.8 Å². The zero-order valence-electron chi connectivity index (χ0n) is 14.4. The number of benzene rings is 2. The van der Waals surface area contributed by atoms with E-state index in [-0.39, 0.29) is 5.82 Å². The second-order valence-corrected chi connectivity index (χ2v) is 6.43. The Kier molecular flexibility index (Phi) is 5.54. The van der Waals surface area contributed by atoms with Crippen molar-refractivity contribution < 1.29 is 9.13 Å². The summed E-state index contributed by atoms with van der Waals surface area (Å²) in [6.07, 6.45) is 0. The quantitative estimate of drug-likeness (QED) is 0.608.